The molecule has 0 heterocycles. The lowest BCUT2D eigenvalue weighted by atomic mass is 10.1. The largest absolute Gasteiger partial charge is 0.374 e. The van der Waals surface area contributed by atoms with Crippen LogP contribution in [0.25, 0.3) is 0 Å². The summed E-state index contributed by atoms with van der Waals surface area (Å²) in [6.45, 7) is 0.320. The molecule has 2 rings (SSSR count). The molecule has 0 aliphatic carbocycles. The second-order valence-corrected chi connectivity index (χ2v) is 4.67. The minimum atomic E-state index is -1.12. The molecule has 21 heavy (non-hydrogen) atoms. The van der Waals surface area contributed by atoms with Crippen molar-refractivity contribution < 1.29 is 18.0 Å². The standard InChI is InChI=1S/C16H14F3NO/c1-20(12-7-5-11(17)6-8-12)10-9-15(21)13-3-2-4-14(18)16(13)19/h2-8H,9-10H2,1H3. The zero-order valence-electron chi connectivity index (χ0n) is 11.4. The highest BCUT2D eigenvalue weighted by Gasteiger charge is 2.15. The third-order valence-electron chi connectivity index (χ3n) is 3.19. The maximum atomic E-state index is 13.5. The molecule has 0 aliphatic heterocycles. The maximum Gasteiger partial charge on any atom is 0.169 e. The fourth-order valence-corrected chi connectivity index (χ4v) is 1.95. The van der Waals surface area contributed by atoms with E-state index in [4.69, 9.17) is 0 Å². The van der Waals surface area contributed by atoms with Gasteiger partial charge in [-0.25, -0.2) is 13.2 Å². The van der Waals surface area contributed by atoms with Gasteiger partial charge in [-0.1, -0.05) is 6.07 Å². The Balaban J connectivity index is 2.00. The summed E-state index contributed by atoms with van der Waals surface area (Å²) in [6, 6.07) is 9.34. The Hall–Kier alpha value is -2.30. The summed E-state index contributed by atoms with van der Waals surface area (Å²) < 4.78 is 39.4. The highest BCUT2D eigenvalue weighted by molar-refractivity contribution is 5.96. The van der Waals surface area contributed by atoms with Gasteiger partial charge in [0.15, 0.2) is 17.4 Å². The molecule has 2 nitrogen and oxygen atoms in total. The van der Waals surface area contributed by atoms with Gasteiger partial charge in [0.1, 0.15) is 5.82 Å². The molecular formula is C16H14F3NO. The van der Waals surface area contributed by atoms with Gasteiger partial charge in [-0.05, 0) is 36.4 Å². The van der Waals surface area contributed by atoms with Gasteiger partial charge in [0.05, 0.1) is 5.56 Å². The number of carbonyl (C=O) groups is 1. The predicted octanol–water partition coefficient (Wildman–Crippen LogP) is 3.81. The molecule has 0 spiro atoms. The van der Waals surface area contributed by atoms with Gasteiger partial charge >= 0.3 is 0 Å². The van der Waals surface area contributed by atoms with E-state index in [1.54, 1.807) is 24.1 Å². The number of benzene rings is 2. The highest BCUT2D eigenvalue weighted by Crippen LogP contribution is 2.16. The normalized spacial score (nSPS) is 10.5. The van der Waals surface area contributed by atoms with Crippen molar-refractivity contribution in [1.82, 2.24) is 0 Å². The third-order valence-corrected chi connectivity index (χ3v) is 3.19. The Morgan fingerprint density at radius 1 is 1.05 bits per heavy atom. The molecule has 0 unspecified atom stereocenters. The van der Waals surface area contributed by atoms with Gasteiger partial charge in [0.2, 0.25) is 0 Å². The summed E-state index contributed by atoms with van der Waals surface area (Å²) in [5, 5.41) is 0. The number of halogens is 3. The average molecular weight is 293 g/mol. The van der Waals surface area contributed by atoms with Crippen molar-refractivity contribution in [3.05, 3.63) is 65.5 Å². The molecule has 0 aliphatic rings. The summed E-state index contributed by atoms with van der Waals surface area (Å²) in [5.74, 6) is -2.97. The molecule has 0 amide bonds. The van der Waals surface area contributed by atoms with Crippen molar-refractivity contribution in [2.24, 2.45) is 0 Å². The number of hydrogen-bond acceptors (Lipinski definition) is 2. The van der Waals surface area contributed by atoms with E-state index in [9.17, 15) is 18.0 Å². The summed E-state index contributed by atoms with van der Waals surface area (Å²) in [5.41, 5.74) is 0.492. The first-order chi connectivity index (χ1) is 9.99. The number of carbonyl (C=O) groups excluding carboxylic acids is 1. The van der Waals surface area contributed by atoms with Crippen LogP contribution < -0.4 is 4.90 Å². The van der Waals surface area contributed by atoms with Crippen LogP contribution in [0.4, 0.5) is 18.9 Å². The molecule has 0 aromatic heterocycles. The van der Waals surface area contributed by atoms with Crippen LogP contribution in [0.15, 0.2) is 42.5 Å². The first-order valence-electron chi connectivity index (χ1n) is 6.43. The number of ketones is 1. The van der Waals surface area contributed by atoms with Crippen LogP contribution in [0.3, 0.4) is 0 Å². The first-order valence-corrected chi connectivity index (χ1v) is 6.43. The fraction of sp³-hybridized carbons (Fsp3) is 0.188. The van der Waals surface area contributed by atoms with Crippen LogP contribution in [0.2, 0.25) is 0 Å². The molecule has 0 fully saturated rings. The van der Waals surface area contributed by atoms with Crippen molar-refractivity contribution in [3.8, 4) is 0 Å². The van der Waals surface area contributed by atoms with Crippen molar-refractivity contribution in [2.45, 2.75) is 6.42 Å². The van der Waals surface area contributed by atoms with E-state index in [0.29, 0.717) is 6.54 Å². The second kappa shape index (κ2) is 6.43. The highest BCUT2D eigenvalue weighted by atomic mass is 19.2. The van der Waals surface area contributed by atoms with Crippen molar-refractivity contribution in [2.75, 3.05) is 18.5 Å². The Kier molecular flexibility index (Phi) is 4.62. The molecule has 110 valence electrons. The quantitative estimate of drug-likeness (QED) is 0.781. The lowest BCUT2D eigenvalue weighted by Crippen LogP contribution is -2.21. The molecule has 0 radical (unpaired) electrons. The topological polar surface area (TPSA) is 20.3 Å². The van der Waals surface area contributed by atoms with Crippen LogP contribution in [0.1, 0.15) is 16.8 Å². The van der Waals surface area contributed by atoms with E-state index in [0.717, 1.165) is 11.8 Å². The van der Waals surface area contributed by atoms with Crippen LogP contribution >= 0.6 is 0 Å². The minimum Gasteiger partial charge on any atom is -0.374 e. The van der Waals surface area contributed by atoms with Crippen LogP contribution in [-0.4, -0.2) is 19.4 Å². The van der Waals surface area contributed by atoms with Crippen LogP contribution in [0, 0.1) is 17.5 Å². The first kappa shape index (κ1) is 15.1. The Labute approximate surface area is 120 Å². The van der Waals surface area contributed by atoms with E-state index >= 15 is 0 Å². The second-order valence-electron chi connectivity index (χ2n) is 4.67. The Morgan fingerprint density at radius 3 is 2.38 bits per heavy atom. The van der Waals surface area contributed by atoms with Crippen molar-refractivity contribution >= 4 is 11.5 Å². The SMILES string of the molecule is CN(CCC(=O)c1cccc(F)c1F)c1ccc(F)cc1. The number of Topliss-reactive ketones (excluding diaryl/α,β-unsaturated/α-hetero) is 1. The van der Waals surface area contributed by atoms with Gasteiger partial charge in [0, 0.05) is 25.7 Å². The van der Waals surface area contributed by atoms with Crippen molar-refractivity contribution in [3.63, 3.8) is 0 Å². The lowest BCUT2D eigenvalue weighted by molar-refractivity contribution is 0.0980. The summed E-state index contributed by atoms with van der Waals surface area (Å²) in [4.78, 5) is 13.7. The molecule has 0 saturated heterocycles. The van der Waals surface area contributed by atoms with E-state index in [1.807, 2.05) is 0 Å². The van der Waals surface area contributed by atoms with Crippen LogP contribution in [-0.2, 0) is 0 Å². The Bertz CT molecular complexity index is 640. The lowest BCUT2D eigenvalue weighted by Gasteiger charge is -2.18. The van der Waals surface area contributed by atoms with E-state index < -0.39 is 17.4 Å². The minimum absolute atomic E-state index is 0.0360. The Morgan fingerprint density at radius 2 is 1.71 bits per heavy atom. The average Bonchev–Trinajstić information content (AvgIpc) is 2.48. The zero-order valence-corrected chi connectivity index (χ0v) is 11.4. The smallest absolute Gasteiger partial charge is 0.169 e. The number of hydrogen-bond donors (Lipinski definition) is 0. The van der Waals surface area contributed by atoms with Crippen molar-refractivity contribution in [1.29, 1.82) is 0 Å². The van der Waals surface area contributed by atoms with Crippen LogP contribution in [0.5, 0.6) is 0 Å². The summed E-state index contributed by atoms with van der Waals surface area (Å²) >= 11 is 0. The zero-order chi connectivity index (χ0) is 15.4. The summed E-state index contributed by atoms with van der Waals surface area (Å²) in [7, 11) is 1.74. The van der Waals surface area contributed by atoms with E-state index in [-0.39, 0.29) is 17.8 Å². The van der Waals surface area contributed by atoms with Gasteiger partial charge in [-0.2, -0.15) is 0 Å². The van der Waals surface area contributed by atoms with Gasteiger partial charge in [0.25, 0.3) is 0 Å². The molecule has 2 aromatic carbocycles. The van der Waals surface area contributed by atoms with Gasteiger partial charge in [-0.3, -0.25) is 4.79 Å². The number of nitrogens with zero attached hydrogens (tertiary/aromatic N) is 1. The summed E-state index contributed by atoms with van der Waals surface area (Å²) in [6.07, 6.45) is 0.0360. The molecule has 0 saturated carbocycles. The maximum absolute atomic E-state index is 13.5. The molecule has 2 aromatic rings. The molecule has 0 bridgehead atoms. The van der Waals surface area contributed by atoms with E-state index in [2.05, 4.69) is 0 Å². The van der Waals surface area contributed by atoms with Gasteiger partial charge < -0.3 is 4.90 Å². The fourth-order valence-electron chi connectivity index (χ4n) is 1.95. The monoisotopic (exact) mass is 293 g/mol. The van der Waals surface area contributed by atoms with Gasteiger partial charge in [-0.15, -0.1) is 0 Å². The number of rotatable bonds is 5. The number of anilines is 1. The third kappa shape index (κ3) is 3.62. The molecule has 0 atom stereocenters. The molecular weight excluding hydrogens is 279 g/mol. The molecule has 0 N–H and O–H groups in total. The molecule has 5 heteroatoms. The predicted molar refractivity (Wildman–Crippen MR) is 75.0 cm³/mol. The van der Waals surface area contributed by atoms with E-state index in [1.165, 1.54) is 24.3 Å².